The highest BCUT2D eigenvalue weighted by Crippen LogP contribution is 2.63. The number of hydrogen-bond donors (Lipinski definition) is 3. The largest absolute Gasteiger partial charge is 0.508 e. The van der Waals surface area contributed by atoms with E-state index in [1.165, 1.54) is 16.9 Å². The number of aliphatic hydroxyl groups excluding tert-OH is 2. The van der Waals surface area contributed by atoms with Crippen LogP contribution in [-0.2, 0) is 19.8 Å². The van der Waals surface area contributed by atoms with Crippen molar-refractivity contribution in [2.45, 2.75) is 70.1 Å². The second-order valence-corrected chi connectivity index (χ2v) is 10.6. The molecule has 2 saturated carbocycles. The predicted octanol–water partition coefficient (Wildman–Crippen LogP) is 1.52. The summed E-state index contributed by atoms with van der Waals surface area (Å²) in [5, 5.41) is 35.5. The summed E-state index contributed by atoms with van der Waals surface area (Å²) in [5.41, 5.74) is 4.27. The van der Waals surface area contributed by atoms with Gasteiger partial charge < -0.3 is 30.2 Å². The highest BCUT2D eigenvalue weighted by atomic mass is 16.7. The molecule has 3 aliphatic rings. The molecule has 0 amide bonds. The Morgan fingerprint density at radius 3 is 2.82 bits per heavy atom. The van der Waals surface area contributed by atoms with Crippen molar-refractivity contribution in [2.75, 3.05) is 12.3 Å². The van der Waals surface area contributed by atoms with Crippen molar-refractivity contribution < 1.29 is 29.2 Å². The maximum Gasteiger partial charge on any atom is 0.508 e. The summed E-state index contributed by atoms with van der Waals surface area (Å²) < 4.78 is 18.2. The van der Waals surface area contributed by atoms with Gasteiger partial charge in [0.2, 0.25) is 5.60 Å². The number of nitrogens with zero attached hydrogens (tertiary/aromatic N) is 4. The van der Waals surface area contributed by atoms with Gasteiger partial charge in [-0.15, -0.1) is 0 Å². The number of aromatic nitrogens is 3. The number of nitrogen functional groups attached to an aromatic ring is 1. The summed E-state index contributed by atoms with van der Waals surface area (Å²) in [5.74, 6) is 0.679. The number of carbonyl (C=O) groups is 1. The van der Waals surface area contributed by atoms with Gasteiger partial charge in [-0.25, -0.2) is 14.3 Å². The normalized spacial score (nSPS) is 38.2. The number of nitrogens with two attached hydrogens (primary N) is 1. The van der Waals surface area contributed by atoms with Gasteiger partial charge in [0.25, 0.3) is 0 Å². The van der Waals surface area contributed by atoms with Crippen molar-refractivity contribution in [3.63, 3.8) is 0 Å². The molecule has 2 aromatic rings. The van der Waals surface area contributed by atoms with Crippen LogP contribution in [0, 0.1) is 28.1 Å². The van der Waals surface area contributed by atoms with Crippen LogP contribution in [0.3, 0.4) is 0 Å². The minimum Gasteiger partial charge on any atom is -0.431 e. The second-order valence-electron chi connectivity index (χ2n) is 10.6. The fourth-order valence-corrected chi connectivity index (χ4v) is 6.38. The summed E-state index contributed by atoms with van der Waals surface area (Å²) in [6.07, 6.45) is -1.06. The number of ether oxygens (including phenoxy) is 3. The first kappa shape index (κ1) is 22.8. The number of carbonyl (C=O) groups excluding carboxylic acids is 1. The van der Waals surface area contributed by atoms with E-state index in [1.807, 2.05) is 6.07 Å². The van der Waals surface area contributed by atoms with Gasteiger partial charge in [-0.2, -0.15) is 10.4 Å². The van der Waals surface area contributed by atoms with Gasteiger partial charge in [0.05, 0.1) is 5.69 Å². The minimum absolute atomic E-state index is 0.0809. The molecule has 2 aromatic heterocycles. The molecule has 3 heterocycles. The molecule has 5 rings (SSSR count). The Bertz CT molecular complexity index is 1170. The van der Waals surface area contributed by atoms with Crippen molar-refractivity contribution in [3.05, 3.63) is 24.2 Å². The Kier molecular flexibility index (Phi) is 5.06. The molecule has 2 aliphatic carbocycles. The third-order valence-corrected chi connectivity index (χ3v) is 8.20. The zero-order valence-corrected chi connectivity index (χ0v) is 19.3. The summed E-state index contributed by atoms with van der Waals surface area (Å²) >= 11 is 0. The van der Waals surface area contributed by atoms with Gasteiger partial charge in [-0.3, -0.25) is 0 Å². The number of fused-ring (bicyclic) bond motifs is 3. The lowest BCUT2D eigenvalue weighted by Crippen LogP contribution is -2.44. The Morgan fingerprint density at radius 2 is 2.15 bits per heavy atom. The lowest BCUT2D eigenvalue weighted by molar-refractivity contribution is -0.0963. The van der Waals surface area contributed by atoms with Crippen LogP contribution < -0.4 is 5.73 Å². The number of nitriles is 1. The maximum atomic E-state index is 12.6. The summed E-state index contributed by atoms with van der Waals surface area (Å²) in [7, 11) is 0. The molecule has 7 atom stereocenters. The number of rotatable bonds is 4. The minimum atomic E-state index is -1.95. The summed E-state index contributed by atoms with van der Waals surface area (Å²) in [4.78, 5) is 16.5. The second kappa shape index (κ2) is 7.53. The zero-order valence-electron chi connectivity index (χ0n) is 19.3. The molecule has 2 bridgehead atoms. The topological polar surface area (TPSA) is 165 Å². The van der Waals surface area contributed by atoms with E-state index in [0.717, 1.165) is 19.3 Å². The Morgan fingerprint density at radius 1 is 1.38 bits per heavy atom. The van der Waals surface area contributed by atoms with E-state index in [1.54, 1.807) is 6.07 Å². The summed E-state index contributed by atoms with van der Waals surface area (Å²) in [6.45, 7) is 5.97. The first-order valence-corrected chi connectivity index (χ1v) is 11.4. The molecule has 2 unspecified atom stereocenters. The van der Waals surface area contributed by atoms with Crippen LogP contribution in [0.15, 0.2) is 18.5 Å². The van der Waals surface area contributed by atoms with E-state index in [2.05, 4.69) is 30.9 Å². The fourth-order valence-electron chi connectivity index (χ4n) is 6.38. The van der Waals surface area contributed by atoms with Crippen LogP contribution in [0.2, 0.25) is 0 Å². The van der Waals surface area contributed by atoms with E-state index < -0.39 is 36.7 Å². The Labute approximate surface area is 196 Å². The number of hydrogen-bond acceptors (Lipinski definition) is 10. The van der Waals surface area contributed by atoms with Crippen LogP contribution >= 0.6 is 0 Å². The number of anilines is 1. The molecule has 34 heavy (non-hydrogen) atoms. The van der Waals surface area contributed by atoms with Crippen LogP contribution in [0.25, 0.3) is 5.52 Å². The summed E-state index contributed by atoms with van der Waals surface area (Å²) in [6, 6.07) is 5.07. The van der Waals surface area contributed by atoms with Gasteiger partial charge >= 0.3 is 6.16 Å². The molecule has 11 nitrogen and oxygen atoms in total. The maximum absolute atomic E-state index is 12.6. The third kappa shape index (κ3) is 3.09. The van der Waals surface area contributed by atoms with Crippen LogP contribution in [-0.4, -0.2) is 62.0 Å². The Balaban J connectivity index is 1.31. The van der Waals surface area contributed by atoms with E-state index >= 15 is 0 Å². The molecule has 3 fully saturated rings. The van der Waals surface area contributed by atoms with E-state index in [0.29, 0.717) is 11.4 Å². The van der Waals surface area contributed by atoms with Crippen molar-refractivity contribution in [1.82, 2.24) is 14.6 Å². The standard InChI is InChI=1S/C23H29N5O6/c1-21(2)12-6-7-22(3,8-12)19(21)33-20(31)32-9-14-16(29)17(30)23(10-24,34-14)15-5-4-13-18(25)26-11-27-28(13)15/h4-5,11-12,14,16-17,19,29-30H,6-9H2,1-3H3,(H2,25,26,27)/t12?,14-,16-,17-,19+,22?,23+/m1/s1. The highest BCUT2D eigenvalue weighted by Gasteiger charge is 2.62. The highest BCUT2D eigenvalue weighted by molar-refractivity contribution is 5.66. The Hall–Kier alpha value is -2.94. The smallest absolute Gasteiger partial charge is 0.431 e. The van der Waals surface area contributed by atoms with Crippen LogP contribution in [0.4, 0.5) is 10.6 Å². The molecule has 182 valence electrons. The molecule has 0 spiro atoms. The molecule has 1 saturated heterocycles. The molecule has 0 radical (unpaired) electrons. The van der Waals surface area contributed by atoms with Crippen molar-refractivity contribution in [2.24, 2.45) is 16.7 Å². The molecule has 11 heteroatoms. The van der Waals surface area contributed by atoms with Crippen molar-refractivity contribution >= 4 is 17.5 Å². The lowest BCUT2D eigenvalue weighted by atomic mass is 9.70. The predicted molar refractivity (Wildman–Crippen MR) is 117 cm³/mol. The molecule has 0 aromatic carbocycles. The lowest BCUT2D eigenvalue weighted by Gasteiger charge is -2.41. The molecule has 4 N–H and O–H groups in total. The molecular weight excluding hydrogens is 442 g/mol. The molecule has 1 aliphatic heterocycles. The monoisotopic (exact) mass is 471 g/mol. The third-order valence-electron chi connectivity index (χ3n) is 8.20. The van der Waals surface area contributed by atoms with E-state index in [9.17, 15) is 20.3 Å². The van der Waals surface area contributed by atoms with Crippen LogP contribution in [0.1, 0.15) is 45.7 Å². The van der Waals surface area contributed by atoms with Crippen molar-refractivity contribution in [3.8, 4) is 6.07 Å². The van der Waals surface area contributed by atoms with E-state index in [4.69, 9.17) is 19.9 Å². The van der Waals surface area contributed by atoms with E-state index in [-0.39, 0.29) is 28.4 Å². The van der Waals surface area contributed by atoms with Crippen LogP contribution in [0.5, 0.6) is 0 Å². The van der Waals surface area contributed by atoms with Crippen molar-refractivity contribution in [1.29, 1.82) is 5.26 Å². The average molecular weight is 472 g/mol. The SMILES string of the molecule is CC12CCC(C1)C(C)(C)[C@@H]2OC(=O)OC[C@H]1O[C@@](C#N)(c2ccc3c(N)ncnn23)[C@H](O)[C@@H]1O. The molecular formula is C23H29N5O6. The van der Waals surface area contributed by atoms with Gasteiger partial charge in [0.15, 0.2) is 5.82 Å². The van der Waals surface area contributed by atoms with Gasteiger partial charge in [0.1, 0.15) is 48.9 Å². The zero-order chi connectivity index (χ0) is 24.5. The van der Waals surface area contributed by atoms with Gasteiger partial charge in [-0.1, -0.05) is 20.8 Å². The fraction of sp³-hybridized carbons (Fsp3) is 0.652. The number of aliphatic hydroxyl groups is 2. The first-order valence-electron chi connectivity index (χ1n) is 11.4. The quantitative estimate of drug-likeness (QED) is 0.557. The van der Waals surface area contributed by atoms with Gasteiger partial charge in [-0.05, 0) is 37.3 Å². The first-order chi connectivity index (χ1) is 16.0. The average Bonchev–Trinajstić information content (AvgIpc) is 3.51. The van der Waals surface area contributed by atoms with Gasteiger partial charge in [0, 0.05) is 10.8 Å².